The van der Waals surface area contributed by atoms with Gasteiger partial charge in [0.25, 0.3) is 0 Å². The van der Waals surface area contributed by atoms with Crippen molar-refractivity contribution in [3.8, 4) is 0 Å². The minimum absolute atomic E-state index is 0.444. The van der Waals surface area contributed by atoms with Gasteiger partial charge in [0.15, 0.2) is 0 Å². The van der Waals surface area contributed by atoms with Gasteiger partial charge in [-0.15, -0.1) is 0 Å². The Hall–Kier alpha value is -0.120. The van der Waals surface area contributed by atoms with Crippen LogP contribution in [0, 0.1) is 0 Å². The van der Waals surface area contributed by atoms with Gasteiger partial charge in [-0.25, -0.2) is 4.89 Å². The highest BCUT2D eigenvalue weighted by Crippen LogP contribution is 2.10. The van der Waals surface area contributed by atoms with Gasteiger partial charge in [-0.2, -0.15) is 0 Å². The Labute approximate surface area is 127 Å². The average Bonchev–Trinajstić information content (AvgIpc) is 2.42. The minimum Gasteiger partial charge on any atom is -0.309 e. The molecule has 0 rings (SSSR count). The largest absolute Gasteiger partial charge is 0.309 e. The third-order valence-corrected chi connectivity index (χ3v) is 3.25. The van der Waals surface area contributed by atoms with Gasteiger partial charge in [-0.3, -0.25) is 5.26 Å². The Kier molecular flexibility index (Phi) is 23.5. The third kappa shape index (κ3) is 26.4. The van der Waals surface area contributed by atoms with Crippen LogP contribution in [0.15, 0.2) is 0 Å². The summed E-state index contributed by atoms with van der Waals surface area (Å²) in [6.45, 7) is 5.91. The molecule has 0 radical (unpaired) electrons. The summed E-state index contributed by atoms with van der Waals surface area (Å²) in [5.41, 5.74) is 0. The van der Waals surface area contributed by atoms with E-state index in [0.717, 1.165) is 6.42 Å². The van der Waals surface area contributed by atoms with Crippen molar-refractivity contribution in [2.45, 2.75) is 84.5 Å². The molecule has 0 fully saturated rings. The highest BCUT2D eigenvalue weighted by molar-refractivity contribution is 4.49. The molecule has 3 heteroatoms. The maximum Gasteiger partial charge on any atom is 0.0817 e. The summed E-state index contributed by atoms with van der Waals surface area (Å²) in [6, 6.07) is 0. The maximum atomic E-state index is 7.57. The lowest BCUT2D eigenvalue weighted by Gasteiger charge is -2.08. The Morgan fingerprint density at radius 3 is 1.45 bits per heavy atom. The molecule has 1 N–H and O–H groups in total. The van der Waals surface area contributed by atoms with E-state index in [9.17, 15) is 0 Å². The summed E-state index contributed by atoms with van der Waals surface area (Å²) in [5.74, 6) is 0. The molecule has 0 aromatic rings. The number of hydrogen-bond donors (Lipinski definition) is 1. The number of hydrogen-bond acceptors (Lipinski definition) is 3. The lowest BCUT2D eigenvalue weighted by Crippen LogP contribution is -2.12. The molecule has 0 aliphatic heterocycles. The molecule has 0 amide bonds. The topological polar surface area (TPSA) is 32.7 Å². The molecule has 0 aliphatic carbocycles. The minimum atomic E-state index is 0.444. The second-order valence-corrected chi connectivity index (χ2v) is 5.82. The molecule has 3 nitrogen and oxygen atoms in total. The second-order valence-electron chi connectivity index (χ2n) is 5.82. The quantitative estimate of drug-likeness (QED) is 0.282. The lowest BCUT2D eigenvalue weighted by molar-refractivity contribution is -0.241. The van der Waals surface area contributed by atoms with Gasteiger partial charge in [0.1, 0.15) is 0 Å². The molecule has 0 bridgehead atoms. The Morgan fingerprint density at radius 2 is 1.15 bits per heavy atom. The summed E-state index contributed by atoms with van der Waals surface area (Å²) < 4.78 is 0. The van der Waals surface area contributed by atoms with Crippen molar-refractivity contribution >= 4 is 0 Å². The predicted octanol–water partition coefficient (Wildman–Crippen LogP) is 5.35. The van der Waals surface area contributed by atoms with Crippen LogP contribution in [-0.4, -0.2) is 37.4 Å². The molecule has 0 saturated heterocycles. The summed E-state index contributed by atoms with van der Waals surface area (Å²) in [7, 11) is 4.32. The molecule has 0 spiro atoms. The zero-order chi connectivity index (χ0) is 15.5. The van der Waals surface area contributed by atoms with Crippen LogP contribution in [0.2, 0.25) is 0 Å². The first kappa shape index (κ1) is 22.2. The van der Waals surface area contributed by atoms with Crippen LogP contribution >= 0.6 is 0 Å². The molecule has 0 heterocycles. The lowest BCUT2D eigenvalue weighted by atomic mass is 10.1. The van der Waals surface area contributed by atoms with E-state index in [1.807, 2.05) is 6.92 Å². The van der Waals surface area contributed by atoms with Crippen molar-refractivity contribution in [2.24, 2.45) is 0 Å². The fourth-order valence-electron chi connectivity index (χ4n) is 2.01. The normalized spacial score (nSPS) is 10.5. The molecule has 0 atom stereocenters. The first-order chi connectivity index (χ1) is 9.68. The highest BCUT2D eigenvalue weighted by atomic mass is 17.1. The monoisotopic (exact) mass is 289 g/mol. The van der Waals surface area contributed by atoms with Crippen molar-refractivity contribution < 1.29 is 10.1 Å². The average molecular weight is 290 g/mol. The van der Waals surface area contributed by atoms with E-state index in [-0.39, 0.29) is 0 Å². The highest BCUT2D eigenvalue weighted by Gasteiger charge is 1.93. The molecule has 0 saturated carbocycles. The van der Waals surface area contributed by atoms with Crippen LogP contribution in [0.5, 0.6) is 0 Å². The van der Waals surface area contributed by atoms with Gasteiger partial charge >= 0.3 is 0 Å². The van der Waals surface area contributed by atoms with Crippen LogP contribution in [0.3, 0.4) is 0 Å². The van der Waals surface area contributed by atoms with E-state index in [1.54, 1.807) is 0 Å². The number of unbranched alkanes of at least 4 members (excludes halogenated alkanes) is 9. The van der Waals surface area contributed by atoms with Crippen molar-refractivity contribution in [1.29, 1.82) is 0 Å². The van der Waals surface area contributed by atoms with E-state index in [2.05, 4.69) is 30.8 Å². The second kappa shape index (κ2) is 21.2. The van der Waals surface area contributed by atoms with E-state index in [0.29, 0.717) is 6.61 Å². The van der Waals surface area contributed by atoms with Crippen LogP contribution in [0.4, 0.5) is 0 Å². The zero-order valence-corrected chi connectivity index (χ0v) is 14.5. The van der Waals surface area contributed by atoms with Gasteiger partial charge in [-0.1, -0.05) is 71.6 Å². The van der Waals surface area contributed by atoms with E-state index < -0.39 is 0 Å². The molecule has 124 valence electrons. The Bertz CT molecular complexity index is 150. The Morgan fingerprint density at radius 1 is 0.700 bits per heavy atom. The van der Waals surface area contributed by atoms with Gasteiger partial charge in [-0.05, 0) is 33.5 Å². The SMILES string of the molecule is CCCCCCCCCCCCN(C)C.CCCOO. The Balaban J connectivity index is 0. The molecular weight excluding hydrogens is 250 g/mol. The molecule has 0 aliphatic rings. The van der Waals surface area contributed by atoms with Gasteiger partial charge < -0.3 is 4.90 Å². The van der Waals surface area contributed by atoms with Crippen molar-refractivity contribution in [1.82, 2.24) is 4.90 Å². The van der Waals surface area contributed by atoms with Gasteiger partial charge in [0.05, 0.1) is 6.61 Å². The number of nitrogens with zero attached hydrogens (tertiary/aromatic N) is 1. The van der Waals surface area contributed by atoms with Crippen LogP contribution < -0.4 is 0 Å². The predicted molar refractivity (Wildman–Crippen MR) is 89.3 cm³/mol. The van der Waals surface area contributed by atoms with E-state index >= 15 is 0 Å². The van der Waals surface area contributed by atoms with Gasteiger partial charge in [0, 0.05) is 0 Å². The smallest absolute Gasteiger partial charge is 0.0817 e. The third-order valence-electron chi connectivity index (χ3n) is 3.25. The summed E-state index contributed by atoms with van der Waals surface area (Å²) in [5, 5.41) is 7.57. The van der Waals surface area contributed by atoms with Crippen LogP contribution in [-0.2, 0) is 4.89 Å². The standard InChI is InChI=1S/C14H31N.C3H8O2/c1-4-5-6-7-8-9-10-11-12-13-14-15(2)3;1-2-3-5-4/h4-14H2,1-3H3;4H,2-3H2,1H3. The molecule has 0 aromatic carbocycles. The van der Waals surface area contributed by atoms with Crippen molar-refractivity contribution in [3.63, 3.8) is 0 Å². The molecule has 0 unspecified atom stereocenters. The van der Waals surface area contributed by atoms with Crippen LogP contribution in [0.25, 0.3) is 0 Å². The summed E-state index contributed by atoms with van der Waals surface area (Å²) in [4.78, 5) is 5.97. The summed E-state index contributed by atoms with van der Waals surface area (Å²) in [6.07, 6.45) is 15.2. The molecule has 20 heavy (non-hydrogen) atoms. The first-order valence-corrected chi connectivity index (χ1v) is 8.60. The van der Waals surface area contributed by atoms with E-state index in [1.165, 1.54) is 70.8 Å². The van der Waals surface area contributed by atoms with Gasteiger partial charge in [0.2, 0.25) is 0 Å². The van der Waals surface area contributed by atoms with Crippen molar-refractivity contribution in [3.05, 3.63) is 0 Å². The molecular formula is C17H39NO2. The maximum absolute atomic E-state index is 7.57. The zero-order valence-electron chi connectivity index (χ0n) is 14.5. The first-order valence-electron chi connectivity index (χ1n) is 8.60. The number of rotatable bonds is 13. The summed E-state index contributed by atoms with van der Waals surface area (Å²) >= 11 is 0. The van der Waals surface area contributed by atoms with Crippen LogP contribution in [0.1, 0.15) is 84.5 Å². The molecule has 0 aromatic heterocycles. The van der Waals surface area contributed by atoms with E-state index in [4.69, 9.17) is 5.26 Å². The fourth-order valence-corrected chi connectivity index (χ4v) is 2.01. The fraction of sp³-hybridized carbons (Fsp3) is 1.00. The van der Waals surface area contributed by atoms with Crippen molar-refractivity contribution in [2.75, 3.05) is 27.2 Å².